The lowest BCUT2D eigenvalue weighted by Gasteiger charge is -2.41. The molecule has 1 rings (SSSR count). The van der Waals surface area contributed by atoms with E-state index in [-0.39, 0.29) is 5.91 Å². The first-order valence-electron chi connectivity index (χ1n) is 4.93. The summed E-state index contributed by atoms with van der Waals surface area (Å²) in [6.07, 6.45) is -4.35. The predicted octanol–water partition coefficient (Wildman–Crippen LogP) is -2.42. The number of ether oxygens (including phenoxy) is 2. The standard InChI is InChI=1S/C9H17NO6/c1-4(12)10-6-8(14)7(13)5(3-11)16-9(6)15-2/h5-9,11,13-14H,3H2,1-2H3,(H,10,12)/t5-,6+,7+,8+,9-/m1/s1. The van der Waals surface area contributed by atoms with Gasteiger partial charge in [-0.1, -0.05) is 0 Å². The average molecular weight is 235 g/mol. The van der Waals surface area contributed by atoms with Crippen LogP contribution in [0.25, 0.3) is 0 Å². The molecular weight excluding hydrogens is 218 g/mol. The number of hydrogen-bond donors (Lipinski definition) is 4. The normalized spacial score (nSPS) is 39.4. The summed E-state index contributed by atoms with van der Waals surface area (Å²) in [5.41, 5.74) is 0. The third-order valence-electron chi connectivity index (χ3n) is 2.48. The molecule has 0 saturated carbocycles. The fraction of sp³-hybridized carbons (Fsp3) is 0.889. The third kappa shape index (κ3) is 2.69. The Kier molecular flexibility index (Phi) is 4.63. The molecule has 0 spiro atoms. The summed E-state index contributed by atoms with van der Waals surface area (Å²) in [5.74, 6) is -0.371. The SMILES string of the molecule is CO[C@@H]1O[C@H](CO)[C@H](O)[C@@H](O)[C@@H]1NC(C)=O. The molecule has 0 radical (unpaired) electrons. The van der Waals surface area contributed by atoms with Crippen molar-refractivity contribution in [2.24, 2.45) is 0 Å². The van der Waals surface area contributed by atoms with Crippen molar-refractivity contribution in [2.45, 2.75) is 37.6 Å². The molecule has 0 bridgehead atoms. The lowest BCUT2D eigenvalue weighted by Crippen LogP contribution is -2.64. The number of nitrogens with one attached hydrogen (secondary N) is 1. The highest BCUT2D eigenvalue weighted by Gasteiger charge is 2.44. The monoisotopic (exact) mass is 235 g/mol. The van der Waals surface area contributed by atoms with Gasteiger partial charge >= 0.3 is 0 Å². The number of methoxy groups -OCH3 is 1. The van der Waals surface area contributed by atoms with Gasteiger partial charge in [-0.15, -0.1) is 0 Å². The molecule has 1 fully saturated rings. The number of aliphatic hydroxyl groups excluding tert-OH is 3. The first-order chi connectivity index (χ1) is 7.51. The van der Waals surface area contributed by atoms with Crippen molar-refractivity contribution in [1.29, 1.82) is 0 Å². The van der Waals surface area contributed by atoms with Crippen LogP contribution in [0.5, 0.6) is 0 Å². The van der Waals surface area contributed by atoms with Crippen molar-refractivity contribution in [3.63, 3.8) is 0 Å². The minimum absolute atomic E-state index is 0.371. The molecule has 0 aromatic rings. The second kappa shape index (κ2) is 5.55. The fourth-order valence-electron chi connectivity index (χ4n) is 1.67. The van der Waals surface area contributed by atoms with Gasteiger partial charge in [0.1, 0.15) is 24.4 Å². The summed E-state index contributed by atoms with van der Waals surface area (Å²) in [7, 11) is 1.35. The number of rotatable bonds is 3. The Labute approximate surface area is 93.0 Å². The van der Waals surface area contributed by atoms with E-state index in [1.807, 2.05) is 0 Å². The number of carbonyl (C=O) groups excluding carboxylic acids is 1. The van der Waals surface area contributed by atoms with Crippen molar-refractivity contribution in [1.82, 2.24) is 5.32 Å². The van der Waals surface area contributed by atoms with Gasteiger partial charge in [0.05, 0.1) is 6.61 Å². The van der Waals surface area contributed by atoms with E-state index in [0.717, 1.165) is 0 Å². The number of carbonyl (C=O) groups is 1. The molecule has 0 unspecified atom stereocenters. The van der Waals surface area contributed by atoms with Gasteiger partial charge in [0.25, 0.3) is 0 Å². The van der Waals surface area contributed by atoms with E-state index in [1.54, 1.807) is 0 Å². The Hall–Kier alpha value is -0.730. The van der Waals surface area contributed by atoms with Crippen LogP contribution in [0.4, 0.5) is 0 Å². The molecule has 1 saturated heterocycles. The van der Waals surface area contributed by atoms with Crippen LogP contribution in [0.1, 0.15) is 6.92 Å². The topological polar surface area (TPSA) is 108 Å². The van der Waals surface area contributed by atoms with Crippen LogP contribution in [-0.4, -0.2) is 65.6 Å². The Morgan fingerprint density at radius 3 is 2.50 bits per heavy atom. The van der Waals surface area contributed by atoms with E-state index in [9.17, 15) is 15.0 Å². The second-order valence-corrected chi connectivity index (χ2v) is 3.67. The molecule has 94 valence electrons. The van der Waals surface area contributed by atoms with Crippen molar-refractivity contribution >= 4 is 5.91 Å². The van der Waals surface area contributed by atoms with Gasteiger partial charge in [0.15, 0.2) is 6.29 Å². The van der Waals surface area contributed by atoms with Gasteiger partial charge in [-0.05, 0) is 0 Å². The van der Waals surface area contributed by atoms with Gasteiger partial charge in [0.2, 0.25) is 5.91 Å². The van der Waals surface area contributed by atoms with E-state index in [0.29, 0.717) is 0 Å². The van der Waals surface area contributed by atoms with Crippen LogP contribution in [0.3, 0.4) is 0 Å². The van der Waals surface area contributed by atoms with E-state index in [4.69, 9.17) is 14.6 Å². The first-order valence-corrected chi connectivity index (χ1v) is 4.93. The molecule has 0 aromatic heterocycles. The highest BCUT2D eigenvalue weighted by atomic mass is 16.7. The minimum atomic E-state index is -1.27. The van der Waals surface area contributed by atoms with E-state index in [2.05, 4.69) is 5.32 Å². The van der Waals surface area contributed by atoms with Gasteiger partial charge in [-0.25, -0.2) is 0 Å². The zero-order valence-corrected chi connectivity index (χ0v) is 9.16. The summed E-state index contributed by atoms with van der Waals surface area (Å²) in [4.78, 5) is 10.9. The number of aliphatic hydroxyl groups is 3. The molecule has 1 aliphatic rings. The van der Waals surface area contributed by atoms with Crippen molar-refractivity contribution in [2.75, 3.05) is 13.7 Å². The Morgan fingerprint density at radius 1 is 1.44 bits per heavy atom. The summed E-state index contributed by atoms with van der Waals surface area (Å²) >= 11 is 0. The zero-order chi connectivity index (χ0) is 12.3. The molecule has 0 aliphatic carbocycles. The summed E-state index contributed by atoms with van der Waals surface area (Å²) in [6.45, 7) is 0.842. The Bertz CT molecular complexity index is 246. The molecule has 7 nitrogen and oxygen atoms in total. The van der Waals surface area contributed by atoms with Crippen LogP contribution < -0.4 is 5.32 Å². The minimum Gasteiger partial charge on any atom is -0.394 e. The van der Waals surface area contributed by atoms with Crippen molar-refractivity contribution in [3.05, 3.63) is 0 Å². The van der Waals surface area contributed by atoms with Crippen LogP contribution in [0.2, 0.25) is 0 Å². The zero-order valence-electron chi connectivity index (χ0n) is 9.16. The third-order valence-corrected chi connectivity index (χ3v) is 2.48. The maximum Gasteiger partial charge on any atom is 0.217 e. The highest BCUT2D eigenvalue weighted by Crippen LogP contribution is 2.21. The van der Waals surface area contributed by atoms with Gasteiger partial charge in [0, 0.05) is 14.0 Å². The number of amides is 1. The van der Waals surface area contributed by atoms with E-state index in [1.165, 1.54) is 14.0 Å². The molecule has 7 heteroatoms. The quantitative estimate of drug-likeness (QED) is 0.433. The first kappa shape index (κ1) is 13.3. The molecule has 16 heavy (non-hydrogen) atoms. The highest BCUT2D eigenvalue weighted by molar-refractivity contribution is 5.73. The maximum absolute atomic E-state index is 10.9. The van der Waals surface area contributed by atoms with Crippen LogP contribution >= 0.6 is 0 Å². The molecule has 1 aliphatic heterocycles. The van der Waals surface area contributed by atoms with Crippen LogP contribution in [0.15, 0.2) is 0 Å². The van der Waals surface area contributed by atoms with Gasteiger partial charge < -0.3 is 30.1 Å². The predicted molar refractivity (Wildman–Crippen MR) is 52.4 cm³/mol. The van der Waals surface area contributed by atoms with Gasteiger partial charge in [-0.3, -0.25) is 4.79 Å². The number of hydrogen-bond acceptors (Lipinski definition) is 6. The lowest BCUT2D eigenvalue weighted by molar-refractivity contribution is -0.262. The largest absolute Gasteiger partial charge is 0.394 e. The second-order valence-electron chi connectivity index (χ2n) is 3.67. The summed E-state index contributed by atoms with van der Waals surface area (Å²) in [6, 6.07) is -0.861. The smallest absolute Gasteiger partial charge is 0.217 e. The van der Waals surface area contributed by atoms with Crippen molar-refractivity contribution in [3.8, 4) is 0 Å². The summed E-state index contributed by atoms with van der Waals surface area (Å²) in [5, 5.41) is 30.7. The molecule has 4 N–H and O–H groups in total. The maximum atomic E-state index is 10.9. The molecule has 0 aromatic carbocycles. The Balaban J connectivity index is 2.77. The lowest BCUT2D eigenvalue weighted by atomic mass is 9.97. The van der Waals surface area contributed by atoms with Crippen molar-refractivity contribution < 1.29 is 29.6 Å². The molecule has 1 amide bonds. The summed E-state index contributed by atoms with van der Waals surface area (Å²) < 4.78 is 10.1. The van der Waals surface area contributed by atoms with E-state index >= 15 is 0 Å². The molecule has 1 heterocycles. The van der Waals surface area contributed by atoms with Crippen LogP contribution in [0, 0.1) is 0 Å². The molecule has 5 atom stereocenters. The van der Waals surface area contributed by atoms with Crippen LogP contribution in [-0.2, 0) is 14.3 Å². The van der Waals surface area contributed by atoms with E-state index < -0.39 is 37.3 Å². The average Bonchev–Trinajstić information content (AvgIpc) is 2.25. The fourth-order valence-corrected chi connectivity index (χ4v) is 1.67. The van der Waals surface area contributed by atoms with Gasteiger partial charge in [-0.2, -0.15) is 0 Å². The molecular formula is C9H17NO6. The Morgan fingerprint density at radius 2 is 2.06 bits per heavy atom.